The molecule has 1 aromatic heterocycles. The van der Waals surface area contributed by atoms with Crippen molar-refractivity contribution < 1.29 is 4.42 Å². The SMILES string of the molecule is CC1(C)c2ccccc2-c2ccc(N(c3ccc(-c4ccccc4)cc3)c3c(-c4ccccc4)cc4c(oc5ccccc54)c3-c3ccccc3)cc21. The molecule has 0 unspecified atom stereocenters. The number of hydrogen-bond donors (Lipinski definition) is 0. The van der Waals surface area contributed by atoms with Gasteiger partial charge in [0.25, 0.3) is 0 Å². The molecule has 0 amide bonds. The summed E-state index contributed by atoms with van der Waals surface area (Å²) in [5, 5.41) is 2.21. The standard InChI is InChI=1S/C51H37NO/c1-51(2)45-24-14-12-22-40(45)41-31-30-39(32-46(41)51)52(38-28-26-35(27-29-38)34-16-6-3-7-17-34)49-43(36-18-8-4-9-19-36)33-44-42-23-13-15-25-47(42)53-50(44)48(49)37-20-10-5-11-21-37/h3-33H,1-2H3. The molecule has 0 radical (unpaired) electrons. The molecule has 1 aliphatic carbocycles. The molecular weight excluding hydrogens is 643 g/mol. The summed E-state index contributed by atoms with van der Waals surface area (Å²) in [6, 6.07) is 67.8. The van der Waals surface area contributed by atoms with Gasteiger partial charge in [-0.05, 0) is 80.9 Å². The fourth-order valence-electron chi connectivity index (χ4n) is 8.46. The monoisotopic (exact) mass is 679 g/mol. The number of hydrogen-bond acceptors (Lipinski definition) is 2. The molecule has 53 heavy (non-hydrogen) atoms. The smallest absolute Gasteiger partial charge is 0.145 e. The van der Waals surface area contributed by atoms with Crippen molar-refractivity contribution in [3.8, 4) is 44.5 Å². The van der Waals surface area contributed by atoms with E-state index in [1.54, 1.807) is 0 Å². The quantitative estimate of drug-likeness (QED) is 0.174. The predicted octanol–water partition coefficient (Wildman–Crippen LogP) is 14.4. The minimum atomic E-state index is -0.155. The Hall–Kier alpha value is -6.64. The van der Waals surface area contributed by atoms with Crippen molar-refractivity contribution in [2.75, 3.05) is 4.90 Å². The third kappa shape index (κ3) is 5.02. The highest BCUT2D eigenvalue weighted by Crippen LogP contribution is 2.54. The van der Waals surface area contributed by atoms with Gasteiger partial charge in [0, 0.05) is 38.7 Å². The molecule has 8 aromatic carbocycles. The van der Waals surface area contributed by atoms with E-state index in [0.29, 0.717) is 0 Å². The molecule has 9 aromatic rings. The average Bonchev–Trinajstić information content (AvgIpc) is 3.70. The van der Waals surface area contributed by atoms with Crippen LogP contribution in [0.4, 0.5) is 17.1 Å². The third-order valence-corrected chi connectivity index (χ3v) is 11.1. The molecule has 0 N–H and O–H groups in total. The largest absolute Gasteiger partial charge is 0.455 e. The Morgan fingerprint density at radius 3 is 1.72 bits per heavy atom. The lowest BCUT2D eigenvalue weighted by molar-refractivity contribution is 0.660. The van der Waals surface area contributed by atoms with Gasteiger partial charge in [0.15, 0.2) is 0 Å². The van der Waals surface area contributed by atoms with E-state index in [9.17, 15) is 0 Å². The van der Waals surface area contributed by atoms with E-state index in [4.69, 9.17) is 4.42 Å². The van der Waals surface area contributed by atoms with E-state index < -0.39 is 0 Å². The minimum absolute atomic E-state index is 0.155. The summed E-state index contributed by atoms with van der Waals surface area (Å²) < 4.78 is 6.89. The van der Waals surface area contributed by atoms with E-state index >= 15 is 0 Å². The Kier molecular flexibility index (Phi) is 7.19. The molecule has 0 spiro atoms. The highest BCUT2D eigenvalue weighted by Gasteiger charge is 2.36. The lowest BCUT2D eigenvalue weighted by Crippen LogP contribution is -2.17. The van der Waals surface area contributed by atoms with Crippen LogP contribution in [0.5, 0.6) is 0 Å². The van der Waals surface area contributed by atoms with Crippen LogP contribution in [0.25, 0.3) is 66.4 Å². The zero-order valence-corrected chi connectivity index (χ0v) is 29.8. The maximum absolute atomic E-state index is 6.89. The minimum Gasteiger partial charge on any atom is -0.455 e. The first kappa shape index (κ1) is 31.1. The Bertz CT molecular complexity index is 2780. The van der Waals surface area contributed by atoms with Crippen molar-refractivity contribution in [3.63, 3.8) is 0 Å². The van der Waals surface area contributed by atoms with E-state index in [2.05, 4.69) is 207 Å². The number of furan rings is 1. The van der Waals surface area contributed by atoms with Gasteiger partial charge in [-0.25, -0.2) is 0 Å². The lowest BCUT2D eigenvalue weighted by atomic mass is 9.82. The first-order valence-corrected chi connectivity index (χ1v) is 18.4. The Balaban J connectivity index is 1.32. The number of anilines is 3. The van der Waals surface area contributed by atoms with Crippen LogP contribution in [0.2, 0.25) is 0 Å². The number of para-hydroxylation sites is 1. The van der Waals surface area contributed by atoms with Crippen molar-refractivity contribution >= 4 is 39.0 Å². The molecular formula is C51H37NO. The van der Waals surface area contributed by atoms with Crippen molar-refractivity contribution in [1.82, 2.24) is 0 Å². The second-order valence-corrected chi connectivity index (χ2v) is 14.5. The predicted molar refractivity (Wildman–Crippen MR) is 222 cm³/mol. The fourth-order valence-corrected chi connectivity index (χ4v) is 8.46. The van der Waals surface area contributed by atoms with Crippen LogP contribution >= 0.6 is 0 Å². The van der Waals surface area contributed by atoms with E-state index in [-0.39, 0.29) is 5.41 Å². The van der Waals surface area contributed by atoms with Crippen molar-refractivity contribution in [2.45, 2.75) is 19.3 Å². The normalized spacial score (nSPS) is 12.9. The summed E-state index contributed by atoms with van der Waals surface area (Å²) in [6.07, 6.45) is 0. The van der Waals surface area contributed by atoms with Crippen molar-refractivity contribution in [2.24, 2.45) is 0 Å². The molecule has 0 saturated carbocycles. The second-order valence-electron chi connectivity index (χ2n) is 14.5. The average molecular weight is 680 g/mol. The van der Waals surface area contributed by atoms with E-state index in [0.717, 1.165) is 61.3 Å². The van der Waals surface area contributed by atoms with Gasteiger partial charge in [0.2, 0.25) is 0 Å². The van der Waals surface area contributed by atoms with E-state index in [1.807, 2.05) is 0 Å². The topological polar surface area (TPSA) is 16.4 Å². The van der Waals surface area contributed by atoms with Gasteiger partial charge in [-0.3, -0.25) is 0 Å². The number of fused-ring (bicyclic) bond motifs is 6. The van der Waals surface area contributed by atoms with Crippen LogP contribution in [-0.2, 0) is 5.41 Å². The van der Waals surface area contributed by atoms with Gasteiger partial charge >= 0.3 is 0 Å². The zero-order chi connectivity index (χ0) is 35.5. The molecule has 0 atom stereocenters. The molecule has 0 saturated heterocycles. The molecule has 2 heteroatoms. The van der Waals surface area contributed by atoms with Gasteiger partial charge in [-0.15, -0.1) is 0 Å². The first-order chi connectivity index (χ1) is 26.1. The third-order valence-electron chi connectivity index (χ3n) is 11.1. The van der Waals surface area contributed by atoms with E-state index in [1.165, 1.54) is 33.4 Å². The summed E-state index contributed by atoms with van der Waals surface area (Å²) in [6.45, 7) is 4.71. The molecule has 10 rings (SSSR count). The van der Waals surface area contributed by atoms with Crippen LogP contribution in [0, 0.1) is 0 Å². The van der Waals surface area contributed by atoms with Gasteiger partial charge < -0.3 is 9.32 Å². The Labute approximate surface area is 310 Å². The van der Waals surface area contributed by atoms with Gasteiger partial charge in [-0.1, -0.05) is 166 Å². The number of benzene rings is 8. The summed E-state index contributed by atoms with van der Waals surface area (Å²) in [5.74, 6) is 0. The Morgan fingerprint density at radius 1 is 0.415 bits per heavy atom. The van der Waals surface area contributed by atoms with Crippen LogP contribution in [0.1, 0.15) is 25.0 Å². The first-order valence-electron chi connectivity index (χ1n) is 18.4. The van der Waals surface area contributed by atoms with Crippen LogP contribution in [-0.4, -0.2) is 0 Å². The molecule has 0 aliphatic heterocycles. The summed E-state index contributed by atoms with van der Waals surface area (Å²) in [4.78, 5) is 2.46. The maximum atomic E-state index is 6.89. The van der Waals surface area contributed by atoms with Crippen LogP contribution in [0.3, 0.4) is 0 Å². The Morgan fingerprint density at radius 2 is 0.981 bits per heavy atom. The fraction of sp³-hybridized carbons (Fsp3) is 0.0588. The summed E-state index contributed by atoms with van der Waals surface area (Å²) in [7, 11) is 0. The molecule has 2 nitrogen and oxygen atoms in total. The molecule has 1 aliphatic rings. The molecule has 1 heterocycles. The molecule has 0 fully saturated rings. The second kappa shape index (κ2) is 12.3. The van der Waals surface area contributed by atoms with Gasteiger partial charge in [0.1, 0.15) is 11.2 Å². The van der Waals surface area contributed by atoms with Crippen molar-refractivity contribution in [1.29, 1.82) is 0 Å². The summed E-state index contributed by atoms with van der Waals surface area (Å²) in [5.41, 5.74) is 17.0. The van der Waals surface area contributed by atoms with Crippen LogP contribution in [0.15, 0.2) is 192 Å². The van der Waals surface area contributed by atoms with Crippen LogP contribution < -0.4 is 4.90 Å². The number of nitrogens with zero attached hydrogens (tertiary/aromatic N) is 1. The summed E-state index contributed by atoms with van der Waals surface area (Å²) >= 11 is 0. The van der Waals surface area contributed by atoms with Gasteiger partial charge in [0.05, 0.1) is 5.69 Å². The maximum Gasteiger partial charge on any atom is 0.145 e. The van der Waals surface area contributed by atoms with Gasteiger partial charge in [-0.2, -0.15) is 0 Å². The number of rotatable bonds is 6. The lowest BCUT2D eigenvalue weighted by Gasteiger charge is -2.32. The highest BCUT2D eigenvalue weighted by molar-refractivity contribution is 6.17. The van der Waals surface area contributed by atoms with Crippen molar-refractivity contribution in [3.05, 3.63) is 199 Å². The molecule has 0 bridgehead atoms. The zero-order valence-electron chi connectivity index (χ0n) is 29.8. The molecule has 252 valence electrons. The highest BCUT2D eigenvalue weighted by atomic mass is 16.3.